The van der Waals surface area contributed by atoms with Gasteiger partial charge in [-0.05, 0) is 91.1 Å². The van der Waals surface area contributed by atoms with E-state index in [1.54, 1.807) is 43.1 Å². The summed E-state index contributed by atoms with van der Waals surface area (Å²) in [6.07, 6.45) is 5.44. The summed E-state index contributed by atoms with van der Waals surface area (Å²) in [7, 11) is 0. The van der Waals surface area contributed by atoms with Crippen LogP contribution in [0.5, 0.6) is 11.5 Å². The number of anilines is 1. The van der Waals surface area contributed by atoms with Gasteiger partial charge in [-0.15, -0.1) is 5.10 Å². The maximum atomic E-state index is 13.9. The van der Waals surface area contributed by atoms with Crippen LogP contribution in [0.15, 0.2) is 97.1 Å². The van der Waals surface area contributed by atoms with Crippen molar-refractivity contribution < 1.29 is 33.3 Å². The Kier molecular flexibility index (Phi) is 15.9. The number of ether oxygens (including phenoxy) is 2. The molecular formula is C44H50N5O7PS2. The van der Waals surface area contributed by atoms with Gasteiger partial charge in [-0.1, -0.05) is 72.7 Å². The standard InChI is InChI=1S/C44H50N5O7PS2/c1-57(53,59)55-28-11-3-2-10-26-45-40(50)16-8-9-17-41(51)48-30-34-12-4-5-13-37(34)43-42(38-14-6-7-15-39(38)48)46-47-49(43)27-29-54-35-24-20-33(21-25-35)44(52)56-36-22-18-32(31-58)19-23-36/h4-7,12-15,18-25,58H,2-3,8-11,16-17,26-31H2,1H3,(H,45,50)(H,53,59). The molecule has 1 atom stereocenters. The molecule has 0 spiro atoms. The Morgan fingerprint density at radius 2 is 1.53 bits per heavy atom. The molecule has 1 aromatic heterocycles. The van der Waals surface area contributed by atoms with Crippen LogP contribution in [0.2, 0.25) is 0 Å². The minimum atomic E-state index is -2.60. The molecule has 59 heavy (non-hydrogen) atoms. The van der Waals surface area contributed by atoms with Crippen LogP contribution in [0.3, 0.4) is 0 Å². The van der Waals surface area contributed by atoms with Crippen molar-refractivity contribution in [3.8, 4) is 34.0 Å². The lowest BCUT2D eigenvalue weighted by molar-refractivity contribution is -0.122. The van der Waals surface area contributed by atoms with Gasteiger partial charge in [-0.3, -0.25) is 9.59 Å². The van der Waals surface area contributed by atoms with Crippen molar-refractivity contribution in [2.45, 2.75) is 70.2 Å². The second-order valence-electron chi connectivity index (χ2n) is 14.3. The number of benzene rings is 4. The molecule has 310 valence electrons. The number of nitrogens with one attached hydrogen (secondary N) is 1. The molecule has 1 aliphatic heterocycles. The first-order valence-corrected chi connectivity index (χ1v) is 23.6. The van der Waals surface area contributed by atoms with Gasteiger partial charge in [0.25, 0.3) is 0 Å². The molecule has 0 bridgehead atoms. The molecule has 0 fully saturated rings. The Hall–Kier alpha value is -4.85. The number of carbonyl (C=O) groups excluding carboxylic acids is 3. The second-order valence-corrected chi connectivity index (χ2v) is 18.5. The van der Waals surface area contributed by atoms with Gasteiger partial charge < -0.3 is 29.1 Å². The predicted octanol–water partition coefficient (Wildman–Crippen LogP) is 8.37. The topological polar surface area (TPSA) is 145 Å². The Labute approximate surface area is 355 Å². The Morgan fingerprint density at radius 1 is 0.831 bits per heavy atom. The fourth-order valence-corrected chi connectivity index (χ4v) is 7.69. The highest BCUT2D eigenvalue weighted by atomic mass is 32.5. The summed E-state index contributed by atoms with van der Waals surface area (Å²) in [6.45, 7) is 1.07. The largest absolute Gasteiger partial charge is 0.492 e. The van der Waals surface area contributed by atoms with Gasteiger partial charge in [0.2, 0.25) is 11.8 Å². The summed E-state index contributed by atoms with van der Waals surface area (Å²) in [4.78, 5) is 50.5. The third-order valence-electron chi connectivity index (χ3n) is 9.83. The molecule has 0 aliphatic carbocycles. The third-order valence-corrected chi connectivity index (χ3v) is 11.2. The van der Waals surface area contributed by atoms with E-state index in [9.17, 15) is 19.3 Å². The van der Waals surface area contributed by atoms with Gasteiger partial charge >= 0.3 is 5.97 Å². The van der Waals surface area contributed by atoms with Crippen LogP contribution < -0.4 is 19.7 Å². The fraction of sp³-hybridized carbons (Fsp3) is 0.341. The van der Waals surface area contributed by atoms with Crippen molar-refractivity contribution in [3.05, 3.63) is 114 Å². The van der Waals surface area contributed by atoms with Crippen molar-refractivity contribution in [2.75, 3.05) is 31.3 Å². The van der Waals surface area contributed by atoms with Crippen LogP contribution >= 0.6 is 19.1 Å². The number of thiol groups is 1. The van der Waals surface area contributed by atoms with E-state index in [0.29, 0.717) is 87.0 Å². The highest BCUT2D eigenvalue weighted by Gasteiger charge is 2.29. The van der Waals surface area contributed by atoms with Crippen LogP contribution in [0.1, 0.15) is 72.9 Å². The first-order valence-electron chi connectivity index (χ1n) is 19.9. The van der Waals surface area contributed by atoms with Crippen LogP contribution in [0.4, 0.5) is 5.69 Å². The van der Waals surface area contributed by atoms with E-state index in [2.05, 4.69) is 28.3 Å². The van der Waals surface area contributed by atoms with Gasteiger partial charge in [0.1, 0.15) is 23.8 Å². The first kappa shape index (κ1) is 43.7. The molecule has 0 saturated carbocycles. The summed E-state index contributed by atoms with van der Waals surface area (Å²) in [5.41, 5.74) is 6.40. The smallest absolute Gasteiger partial charge is 0.343 e. The molecule has 4 aromatic carbocycles. The number of esters is 1. The van der Waals surface area contributed by atoms with E-state index in [-0.39, 0.29) is 11.8 Å². The normalized spacial score (nSPS) is 12.9. The number of carbonyl (C=O) groups is 3. The van der Waals surface area contributed by atoms with E-state index in [0.717, 1.165) is 59.3 Å². The zero-order valence-corrected chi connectivity index (χ0v) is 35.7. The number of fused-ring (bicyclic) bond motifs is 5. The van der Waals surface area contributed by atoms with Crippen LogP contribution in [-0.2, 0) is 44.8 Å². The molecule has 1 aliphatic rings. The third kappa shape index (κ3) is 12.6. The lowest BCUT2D eigenvalue weighted by Crippen LogP contribution is -2.31. The molecule has 2 amide bonds. The molecule has 6 rings (SSSR count). The van der Waals surface area contributed by atoms with Gasteiger partial charge in [0.15, 0.2) is 6.49 Å². The average molecular weight is 856 g/mol. The zero-order chi connectivity index (χ0) is 41.6. The van der Waals surface area contributed by atoms with Crippen molar-refractivity contribution in [1.82, 2.24) is 20.3 Å². The zero-order valence-electron chi connectivity index (χ0n) is 33.1. The van der Waals surface area contributed by atoms with Gasteiger partial charge in [0.05, 0.1) is 36.6 Å². The summed E-state index contributed by atoms with van der Waals surface area (Å²) in [5.74, 6) is 1.17. The monoisotopic (exact) mass is 855 g/mol. The van der Waals surface area contributed by atoms with E-state index in [1.807, 2.05) is 70.2 Å². The van der Waals surface area contributed by atoms with Gasteiger partial charge in [-0.25, -0.2) is 9.48 Å². The molecular weight excluding hydrogens is 806 g/mol. The second kappa shape index (κ2) is 21.4. The minimum Gasteiger partial charge on any atom is -0.492 e. The number of amides is 2. The molecule has 1 unspecified atom stereocenters. The molecule has 0 saturated heterocycles. The Balaban J connectivity index is 1.03. The van der Waals surface area contributed by atoms with Gasteiger partial charge in [0, 0.05) is 42.9 Å². The van der Waals surface area contributed by atoms with E-state index < -0.39 is 12.5 Å². The maximum absolute atomic E-state index is 13.9. The molecule has 2 N–H and O–H groups in total. The average Bonchev–Trinajstić information content (AvgIpc) is 3.65. The maximum Gasteiger partial charge on any atom is 0.343 e. The van der Waals surface area contributed by atoms with E-state index in [1.165, 1.54) is 0 Å². The Bertz CT molecular complexity index is 2250. The summed E-state index contributed by atoms with van der Waals surface area (Å²) >= 11 is 9.14. The molecule has 5 aromatic rings. The van der Waals surface area contributed by atoms with Crippen LogP contribution in [0, 0.1) is 0 Å². The van der Waals surface area contributed by atoms with Crippen molar-refractivity contribution in [2.24, 2.45) is 0 Å². The highest BCUT2D eigenvalue weighted by Crippen LogP contribution is 2.41. The number of para-hydroxylation sites is 1. The van der Waals surface area contributed by atoms with E-state index >= 15 is 0 Å². The van der Waals surface area contributed by atoms with Gasteiger partial charge in [-0.2, -0.15) is 12.6 Å². The molecule has 12 nitrogen and oxygen atoms in total. The number of hydrogen-bond acceptors (Lipinski definition) is 10. The number of hydrogen-bond donors (Lipinski definition) is 3. The molecule has 0 radical (unpaired) electrons. The predicted molar refractivity (Wildman–Crippen MR) is 236 cm³/mol. The van der Waals surface area contributed by atoms with Crippen molar-refractivity contribution >= 4 is 54.4 Å². The SMILES string of the molecule is CP(O)(=S)OCCCCCCNC(=O)CCCCC(=O)N1Cc2ccccc2-c2c(nnn2CCOc2ccc(C(=O)Oc3ccc(CS)cc3)cc2)-c2ccccc21. The van der Waals surface area contributed by atoms with E-state index in [4.69, 9.17) is 25.8 Å². The molecule has 2 heterocycles. The van der Waals surface area contributed by atoms with Crippen LogP contribution in [-0.4, -0.2) is 64.1 Å². The fourth-order valence-electron chi connectivity index (χ4n) is 6.79. The molecule has 15 heteroatoms. The number of nitrogens with zero attached hydrogens (tertiary/aromatic N) is 4. The van der Waals surface area contributed by atoms with Crippen LogP contribution in [0.25, 0.3) is 22.5 Å². The number of aromatic nitrogens is 3. The Morgan fingerprint density at radius 3 is 2.29 bits per heavy atom. The van der Waals surface area contributed by atoms with Crippen molar-refractivity contribution in [3.63, 3.8) is 0 Å². The van der Waals surface area contributed by atoms with Crippen molar-refractivity contribution in [1.29, 1.82) is 0 Å². The summed E-state index contributed by atoms with van der Waals surface area (Å²) in [5, 5.41) is 12.2. The lowest BCUT2D eigenvalue weighted by Gasteiger charge is -2.28. The summed E-state index contributed by atoms with van der Waals surface area (Å²) < 4.78 is 18.7. The quantitative estimate of drug-likeness (QED) is 0.0230. The minimum absolute atomic E-state index is 0.0122. The number of rotatable bonds is 20. The highest BCUT2D eigenvalue weighted by molar-refractivity contribution is 8.09. The first-order chi connectivity index (χ1) is 28.6. The lowest BCUT2D eigenvalue weighted by atomic mass is 9.95. The number of unbranched alkanes of at least 4 members (excludes halogenated alkanes) is 4. The summed E-state index contributed by atoms with van der Waals surface area (Å²) in [6, 6.07) is 29.8.